The average molecular weight is 369 g/mol. The van der Waals surface area contributed by atoms with E-state index < -0.39 is 0 Å². The highest BCUT2D eigenvalue weighted by Gasteiger charge is 2.11. The maximum atomic E-state index is 6.22. The van der Waals surface area contributed by atoms with Gasteiger partial charge in [0.2, 0.25) is 0 Å². The number of benzene rings is 1. The van der Waals surface area contributed by atoms with Crippen LogP contribution in [0.5, 0.6) is 0 Å². The molecule has 4 nitrogen and oxygen atoms in total. The van der Waals surface area contributed by atoms with Crippen molar-refractivity contribution in [3.05, 3.63) is 52.1 Å². The lowest BCUT2D eigenvalue weighted by Gasteiger charge is -2.07. The number of fused-ring (bicyclic) bond motifs is 1. The van der Waals surface area contributed by atoms with Crippen LogP contribution in [0.15, 0.2) is 36.7 Å². The Labute approximate surface area is 155 Å². The smallest absolute Gasteiger partial charge is 0.147 e. The molecule has 1 aliphatic heterocycles. The van der Waals surface area contributed by atoms with Crippen LogP contribution in [-0.2, 0) is 6.54 Å². The largest absolute Gasteiger partial charge is 0.365 e. The first-order valence-electron chi connectivity index (χ1n) is 8.26. The quantitative estimate of drug-likeness (QED) is 0.684. The molecule has 0 aliphatic carbocycles. The van der Waals surface area contributed by atoms with E-state index >= 15 is 0 Å². The molecule has 126 valence electrons. The van der Waals surface area contributed by atoms with E-state index in [1.807, 2.05) is 30.3 Å². The molecule has 2 N–H and O–H groups in total. The molecule has 3 heterocycles. The standard InChI is InChI=1S/C19H17ClN4S/c20-16-6-2-1-4-13(16)11-22-19-18-17(23-12-24-19)10-15(25-18)8-7-14-5-3-9-21-14/h1-2,4,6,10,12,14,21H,3,5,9,11H2,(H,22,23,24)/t14-/m1/s1. The van der Waals surface area contributed by atoms with Crippen LogP contribution in [0.4, 0.5) is 5.82 Å². The minimum absolute atomic E-state index is 0.314. The summed E-state index contributed by atoms with van der Waals surface area (Å²) in [6, 6.07) is 10.2. The highest BCUT2D eigenvalue weighted by Crippen LogP contribution is 2.29. The van der Waals surface area contributed by atoms with Crippen molar-refractivity contribution in [3.63, 3.8) is 0 Å². The molecule has 4 rings (SSSR count). The third-order valence-electron chi connectivity index (χ3n) is 4.15. The van der Waals surface area contributed by atoms with Crippen molar-refractivity contribution >= 4 is 39.0 Å². The number of aromatic nitrogens is 2. The third-order valence-corrected chi connectivity index (χ3v) is 5.56. The zero-order valence-corrected chi connectivity index (χ0v) is 15.1. The molecule has 0 unspecified atom stereocenters. The van der Waals surface area contributed by atoms with Crippen molar-refractivity contribution in [2.24, 2.45) is 0 Å². The van der Waals surface area contributed by atoms with E-state index in [1.165, 1.54) is 6.42 Å². The molecule has 0 radical (unpaired) electrons. The molecule has 3 aromatic rings. The number of halogens is 1. The zero-order chi connectivity index (χ0) is 17.1. The number of rotatable bonds is 3. The summed E-state index contributed by atoms with van der Waals surface area (Å²) >= 11 is 7.85. The molecule has 6 heteroatoms. The third kappa shape index (κ3) is 3.77. The molecule has 2 aromatic heterocycles. The van der Waals surface area contributed by atoms with Gasteiger partial charge in [-0.1, -0.05) is 41.6 Å². The number of anilines is 1. The Morgan fingerprint density at radius 1 is 1.32 bits per heavy atom. The van der Waals surface area contributed by atoms with Crippen LogP contribution in [0.2, 0.25) is 5.02 Å². The fourth-order valence-corrected chi connectivity index (χ4v) is 3.97. The van der Waals surface area contributed by atoms with Crippen LogP contribution in [0, 0.1) is 11.8 Å². The summed E-state index contributed by atoms with van der Waals surface area (Å²) in [4.78, 5) is 9.77. The summed E-state index contributed by atoms with van der Waals surface area (Å²) in [7, 11) is 0. The van der Waals surface area contributed by atoms with Crippen molar-refractivity contribution < 1.29 is 0 Å². The summed E-state index contributed by atoms with van der Waals surface area (Å²) in [6.07, 6.45) is 3.91. The summed E-state index contributed by atoms with van der Waals surface area (Å²) in [5.74, 6) is 7.40. The topological polar surface area (TPSA) is 49.8 Å². The van der Waals surface area contributed by atoms with E-state index in [4.69, 9.17) is 11.6 Å². The first-order chi connectivity index (χ1) is 12.3. The fourth-order valence-electron chi connectivity index (χ4n) is 2.83. The molecule has 0 bridgehead atoms. The van der Waals surface area contributed by atoms with Gasteiger partial charge in [0, 0.05) is 11.6 Å². The molecule has 0 saturated carbocycles. The predicted octanol–water partition coefficient (Wildman–Crippen LogP) is 4.06. The Bertz CT molecular complexity index is 951. The van der Waals surface area contributed by atoms with Gasteiger partial charge in [-0.3, -0.25) is 0 Å². The van der Waals surface area contributed by atoms with Gasteiger partial charge < -0.3 is 10.6 Å². The number of thiophene rings is 1. The Morgan fingerprint density at radius 2 is 2.24 bits per heavy atom. The van der Waals surface area contributed by atoms with Gasteiger partial charge in [-0.05, 0) is 37.1 Å². The average Bonchev–Trinajstić information content (AvgIpc) is 3.28. The van der Waals surface area contributed by atoms with Gasteiger partial charge in [0.05, 0.1) is 21.1 Å². The van der Waals surface area contributed by atoms with Gasteiger partial charge in [0.25, 0.3) is 0 Å². The van der Waals surface area contributed by atoms with E-state index in [2.05, 4.69) is 32.4 Å². The van der Waals surface area contributed by atoms with E-state index in [9.17, 15) is 0 Å². The van der Waals surface area contributed by atoms with Gasteiger partial charge in [0.15, 0.2) is 0 Å². The molecule has 1 saturated heterocycles. The number of hydrogen-bond donors (Lipinski definition) is 2. The lowest BCUT2D eigenvalue weighted by molar-refractivity contribution is 0.749. The molecule has 1 aromatic carbocycles. The van der Waals surface area contributed by atoms with E-state index in [0.29, 0.717) is 12.6 Å². The van der Waals surface area contributed by atoms with Crippen LogP contribution in [0.25, 0.3) is 10.2 Å². The maximum absolute atomic E-state index is 6.22. The van der Waals surface area contributed by atoms with Crippen LogP contribution in [0.1, 0.15) is 23.3 Å². The fraction of sp³-hybridized carbons (Fsp3) is 0.263. The minimum atomic E-state index is 0.314. The lowest BCUT2D eigenvalue weighted by atomic mass is 10.2. The zero-order valence-electron chi connectivity index (χ0n) is 13.6. The van der Waals surface area contributed by atoms with Crippen LogP contribution in [-0.4, -0.2) is 22.6 Å². The predicted molar refractivity (Wildman–Crippen MR) is 104 cm³/mol. The van der Waals surface area contributed by atoms with Crippen LogP contribution in [0.3, 0.4) is 0 Å². The highest BCUT2D eigenvalue weighted by molar-refractivity contribution is 7.20. The number of nitrogens with zero attached hydrogens (tertiary/aromatic N) is 2. The summed E-state index contributed by atoms with van der Waals surface area (Å²) < 4.78 is 1.03. The Hall–Kier alpha value is -2.13. The molecular formula is C19H17ClN4S. The van der Waals surface area contributed by atoms with Gasteiger partial charge >= 0.3 is 0 Å². The van der Waals surface area contributed by atoms with Crippen LogP contribution >= 0.6 is 22.9 Å². The van der Waals surface area contributed by atoms with Crippen molar-refractivity contribution in [2.45, 2.75) is 25.4 Å². The summed E-state index contributed by atoms with van der Waals surface area (Å²) in [5.41, 5.74) is 1.96. The highest BCUT2D eigenvalue weighted by atomic mass is 35.5. The monoisotopic (exact) mass is 368 g/mol. The number of hydrogen-bond acceptors (Lipinski definition) is 5. The Morgan fingerprint density at radius 3 is 3.08 bits per heavy atom. The minimum Gasteiger partial charge on any atom is -0.365 e. The van der Waals surface area contributed by atoms with Crippen molar-refractivity contribution in [1.82, 2.24) is 15.3 Å². The van der Waals surface area contributed by atoms with Gasteiger partial charge in [-0.2, -0.15) is 0 Å². The van der Waals surface area contributed by atoms with Crippen molar-refractivity contribution in [1.29, 1.82) is 0 Å². The van der Waals surface area contributed by atoms with Crippen molar-refractivity contribution in [2.75, 3.05) is 11.9 Å². The molecule has 0 spiro atoms. The summed E-state index contributed by atoms with van der Waals surface area (Å²) in [5, 5.41) is 7.52. The molecule has 1 atom stereocenters. The second kappa shape index (κ2) is 7.40. The molecule has 1 aliphatic rings. The normalized spacial score (nSPS) is 16.6. The van der Waals surface area contributed by atoms with Gasteiger partial charge in [0.1, 0.15) is 12.1 Å². The molecule has 1 fully saturated rings. The molecule has 25 heavy (non-hydrogen) atoms. The number of nitrogens with one attached hydrogen (secondary N) is 2. The second-order valence-corrected chi connectivity index (χ2v) is 7.37. The molecule has 0 amide bonds. The van der Waals surface area contributed by atoms with E-state index in [-0.39, 0.29) is 0 Å². The van der Waals surface area contributed by atoms with E-state index in [0.717, 1.165) is 44.5 Å². The van der Waals surface area contributed by atoms with Gasteiger partial charge in [-0.25, -0.2) is 9.97 Å². The van der Waals surface area contributed by atoms with Crippen molar-refractivity contribution in [3.8, 4) is 11.8 Å². The Balaban J connectivity index is 1.56. The summed E-state index contributed by atoms with van der Waals surface area (Å²) in [6.45, 7) is 1.68. The van der Waals surface area contributed by atoms with Crippen LogP contribution < -0.4 is 10.6 Å². The SMILES string of the molecule is Clc1ccccc1CNc1ncnc2cc(C#C[C@H]3CCCN3)sc12. The Kier molecular flexibility index (Phi) is 4.84. The van der Waals surface area contributed by atoms with E-state index in [1.54, 1.807) is 17.7 Å². The second-order valence-electron chi connectivity index (χ2n) is 5.91. The van der Waals surface area contributed by atoms with Gasteiger partial charge in [-0.15, -0.1) is 11.3 Å². The lowest BCUT2D eigenvalue weighted by Crippen LogP contribution is -2.18. The maximum Gasteiger partial charge on any atom is 0.147 e. The first kappa shape index (κ1) is 16.3. The first-order valence-corrected chi connectivity index (χ1v) is 9.46. The molecular weight excluding hydrogens is 352 g/mol.